The molecule has 0 saturated heterocycles. The summed E-state index contributed by atoms with van der Waals surface area (Å²) in [7, 11) is 0. The van der Waals surface area contributed by atoms with Crippen LogP contribution in [0.2, 0.25) is 0 Å². The van der Waals surface area contributed by atoms with E-state index in [0.29, 0.717) is 11.4 Å². The number of amides is 1. The lowest BCUT2D eigenvalue weighted by Crippen LogP contribution is -2.36. The number of furan rings is 1. The number of benzene rings is 1. The molecule has 2 aromatic heterocycles. The van der Waals surface area contributed by atoms with Gasteiger partial charge in [0, 0.05) is 11.6 Å². The summed E-state index contributed by atoms with van der Waals surface area (Å²) in [5, 5.41) is 7.56. The molecule has 3 aromatic rings. The van der Waals surface area contributed by atoms with Crippen LogP contribution in [0.4, 0.5) is 4.39 Å². The maximum atomic E-state index is 13.7. The molecule has 0 unspecified atom stereocenters. The first-order valence-corrected chi connectivity index (χ1v) is 9.26. The summed E-state index contributed by atoms with van der Waals surface area (Å²) < 4.78 is 20.7. The number of nitrogens with one attached hydrogen (secondary N) is 1. The number of halogens is 1. The molecule has 28 heavy (non-hydrogen) atoms. The van der Waals surface area contributed by atoms with Crippen LogP contribution in [0, 0.1) is 11.2 Å². The molecule has 0 spiro atoms. The van der Waals surface area contributed by atoms with Gasteiger partial charge in [-0.05, 0) is 54.7 Å². The fourth-order valence-corrected chi connectivity index (χ4v) is 3.77. The van der Waals surface area contributed by atoms with Gasteiger partial charge in [0.2, 0.25) is 5.91 Å². The summed E-state index contributed by atoms with van der Waals surface area (Å²) in [6.07, 6.45) is 8.05. The molecule has 0 bridgehead atoms. The van der Waals surface area contributed by atoms with Gasteiger partial charge in [0.1, 0.15) is 11.6 Å². The van der Waals surface area contributed by atoms with Crippen molar-refractivity contribution < 1.29 is 13.6 Å². The summed E-state index contributed by atoms with van der Waals surface area (Å²) in [5.41, 5.74) is 2.63. The predicted octanol–water partition coefficient (Wildman–Crippen LogP) is 4.45. The van der Waals surface area contributed by atoms with Crippen LogP contribution < -0.4 is 5.32 Å². The fraction of sp³-hybridized carbons (Fsp3) is 0.273. The van der Waals surface area contributed by atoms with Crippen molar-refractivity contribution in [1.29, 1.82) is 0 Å². The first-order valence-electron chi connectivity index (χ1n) is 9.26. The van der Waals surface area contributed by atoms with Crippen LogP contribution in [0.25, 0.3) is 11.8 Å². The number of fused-ring (bicyclic) bond motifs is 1. The lowest BCUT2D eigenvalue weighted by molar-refractivity contribution is -0.117. The number of hydrogen-bond donors (Lipinski definition) is 1. The zero-order chi connectivity index (χ0) is 19.7. The molecule has 5 nitrogen and oxygen atoms in total. The summed E-state index contributed by atoms with van der Waals surface area (Å²) >= 11 is 0. The average Bonchev–Trinajstić information content (AvgIpc) is 3.28. The van der Waals surface area contributed by atoms with Gasteiger partial charge in [0.25, 0.3) is 0 Å². The zero-order valence-corrected chi connectivity index (χ0v) is 15.9. The van der Waals surface area contributed by atoms with Crippen LogP contribution in [-0.4, -0.2) is 15.7 Å². The lowest BCUT2D eigenvalue weighted by Gasteiger charge is -2.35. The minimum absolute atomic E-state index is 0.0270. The molecule has 0 radical (unpaired) electrons. The Morgan fingerprint density at radius 1 is 1.36 bits per heavy atom. The standard InChI is InChI=1S/C22H22FN3O2/c1-22(2)12-19(25-21(27)9-8-17-7-4-10-28-17)18-14-24-26(20(18)13-22)16-6-3-5-15(23)11-16/h3-11,14,19H,12-13H2,1-2H3,(H,25,27)/b9-8+/t19-/m0/s1. The van der Waals surface area contributed by atoms with E-state index in [-0.39, 0.29) is 23.2 Å². The molecule has 6 heteroatoms. The third-order valence-corrected chi connectivity index (χ3v) is 4.99. The molecular formula is C22H22FN3O2. The van der Waals surface area contributed by atoms with Crippen molar-refractivity contribution in [2.75, 3.05) is 0 Å². The Bertz CT molecular complexity index is 1020. The Kier molecular flexibility index (Phi) is 4.63. The van der Waals surface area contributed by atoms with E-state index in [0.717, 1.165) is 24.1 Å². The molecule has 1 aliphatic carbocycles. The Labute approximate surface area is 162 Å². The van der Waals surface area contributed by atoms with Crippen molar-refractivity contribution in [2.24, 2.45) is 5.41 Å². The first-order chi connectivity index (χ1) is 13.4. The molecule has 4 rings (SSSR count). The highest BCUT2D eigenvalue weighted by Crippen LogP contribution is 2.41. The molecule has 1 aromatic carbocycles. The van der Waals surface area contributed by atoms with E-state index in [2.05, 4.69) is 24.3 Å². The van der Waals surface area contributed by atoms with E-state index in [1.54, 1.807) is 41.4 Å². The van der Waals surface area contributed by atoms with Crippen LogP contribution in [0.3, 0.4) is 0 Å². The van der Waals surface area contributed by atoms with Crippen LogP contribution in [-0.2, 0) is 11.2 Å². The summed E-state index contributed by atoms with van der Waals surface area (Å²) in [6, 6.07) is 9.79. The Morgan fingerprint density at radius 2 is 2.21 bits per heavy atom. The SMILES string of the molecule is CC1(C)Cc2c(cnn2-c2cccc(F)c2)[C@@H](NC(=O)/C=C/c2ccco2)C1. The second kappa shape index (κ2) is 7.11. The molecule has 0 fully saturated rings. The number of carbonyl (C=O) groups is 1. The number of rotatable bonds is 4. The molecule has 1 amide bonds. The number of nitrogens with zero attached hydrogens (tertiary/aromatic N) is 2. The van der Waals surface area contributed by atoms with Gasteiger partial charge in [-0.3, -0.25) is 4.79 Å². The normalized spacial score (nSPS) is 18.2. The molecule has 2 heterocycles. The number of aromatic nitrogens is 2. The minimum Gasteiger partial charge on any atom is -0.465 e. The average molecular weight is 379 g/mol. The molecule has 1 aliphatic rings. The highest BCUT2D eigenvalue weighted by molar-refractivity contribution is 5.91. The highest BCUT2D eigenvalue weighted by Gasteiger charge is 2.35. The van der Waals surface area contributed by atoms with Gasteiger partial charge in [0.05, 0.1) is 29.9 Å². The molecule has 144 valence electrons. The molecule has 0 saturated carbocycles. The van der Waals surface area contributed by atoms with Crippen molar-refractivity contribution >= 4 is 12.0 Å². The topological polar surface area (TPSA) is 60.1 Å². The van der Waals surface area contributed by atoms with Crippen LogP contribution >= 0.6 is 0 Å². The third kappa shape index (κ3) is 3.76. The van der Waals surface area contributed by atoms with E-state index in [1.807, 2.05) is 6.07 Å². The molecule has 1 N–H and O–H groups in total. The third-order valence-electron chi connectivity index (χ3n) is 4.99. The lowest BCUT2D eigenvalue weighted by atomic mass is 9.74. The van der Waals surface area contributed by atoms with Crippen molar-refractivity contribution in [1.82, 2.24) is 15.1 Å². The number of hydrogen-bond acceptors (Lipinski definition) is 3. The quantitative estimate of drug-likeness (QED) is 0.682. The smallest absolute Gasteiger partial charge is 0.244 e. The van der Waals surface area contributed by atoms with E-state index >= 15 is 0 Å². The molecule has 0 aliphatic heterocycles. The van der Waals surface area contributed by atoms with Gasteiger partial charge in [0.15, 0.2) is 0 Å². The minimum atomic E-state index is -0.301. The Morgan fingerprint density at radius 3 is 2.96 bits per heavy atom. The van der Waals surface area contributed by atoms with Gasteiger partial charge >= 0.3 is 0 Å². The maximum absolute atomic E-state index is 13.7. The van der Waals surface area contributed by atoms with E-state index in [1.165, 1.54) is 18.2 Å². The Balaban J connectivity index is 1.61. The summed E-state index contributed by atoms with van der Waals surface area (Å²) in [4.78, 5) is 12.4. The van der Waals surface area contributed by atoms with Gasteiger partial charge in [-0.25, -0.2) is 9.07 Å². The van der Waals surface area contributed by atoms with E-state index < -0.39 is 0 Å². The highest BCUT2D eigenvalue weighted by atomic mass is 19.1. The second-order valence-electron chi connectivity index (χ2n) is 7.89. The zero-order valence-electron chi connectivity index (χ0n) is 15.9. The van der Waals surface area contributed by atoms with Gasteiger partial charge < -0.3 is 9.73 Å². The van der Waals surface area contributed by atoms with Crippen molar-refractivity contribution in [2.45, 2.75) is 32.7 Å². The summed E-state index contributed by atoms with van der Waals surface area (Å²) in [6.45, 7) is 4.33. The maximum Gasteiger partial charge on any atom is 0.244 e. The van der Waals surface area contributed by atoms with Crippen LogP contribution in [0.15, 0.2) is 59.4 Å². The fourth-order valence-electron chi connectivity index (χ4n) is 3.77. The van der Waals surface area contributed by atoms with E-state index in [9.17, 15) is 9.18 Å². The van der Waals surface area contributed by atoms with Gasteiger partial charge in [-0.2, -0.15) is 5.10 Å². The van der Waals surface area contributed by atoms with Gasteiger partial charge in [-0.1, -0.05) is 19.9 Å². The van der Waals surface area contributed by atoms with Crippen molar-refractivity contribution in [3.8, 4) is 5.69 Å². The van der Waals surface area contributed by atoms with Crippen molar-refractivity contribution in [3.05, 3.63) is 77.8 Å². The largest absolute Gasteiger partial charge is 0.465 e. The summed E-state index contributed by atoms with van der Waals surface area (Å²) in [5.74, 6) is 0.132. The van der Waals surface area contributed by atoms with Crippen molar-refractivity contribution in [3.63, 3.8) is 0 Å². The molecular weight excluding hydrogens is 357 g/mol. The second-order valence-corrected chi connectivity index (χ2v) is 7.89. The predicted molar refractivity (Wildman–Crippen MR) is 104 cm³/mol. The Hall–Kier alpha value is -3.15. The van der Waals surface area contributed by atoms with Crippen LogP contribution in [0.5, 0.6) is 0 Å². The van der Waals surface area contributed by atoms with Gasteiger partial charge in [-0.15, -0.1) is 0 Å². The molecule has 1 atom stereocenters. The first kappa shape index (κ1) is 18.2. The monoisotopic (exact) mass is 379 g/mol. The van der Waals surface area contributed by atoms with Crippen LogP contribution in [0.1, 0.15) is 43.3 Å². The van der Waals surface area contributed by atoms with E-state index in [4.69, 9.17) is 4.42 Å². The number of carbonyl (C=O) groups excluding carboxylic acids is 1.